The molecule has 1 atom stereocenters. The van der Waals surface area contributed by atoms with E-state index in [1.807, 2.05) is 24.3 Å². The highest BCUT2D eigenvalue weighted by atomic mass is 16.6. The molecule has 1 fully saturated rings. The van der Waals surface area contributed by atoms with E-state index in [1.165, 1.54) is 6.42 Å². The number of aromatic nitrogens is 2. The van der Waals surface area contributed by atoms with Crippen molar-refractivity contribution in [2.75, 3.05) is 31.2 Å². The van der Waals surface area contributed by atoms with Crippen LogP contribution in [0.2, 0.25) is 0 Å². The molecule has 0 bridgehead atoms. The first-order valence-electron chi connectivity index (χ1n) is 8.54. The van der Waals surface area contributed by atoms with Crippen molar-refractivity contribution in [2.45, 2.75) is 25.4 Å². The van der Waals surface area contributed by atoms with Crippen molar-refractivity contribution in [2.24, 2.45) is 0 Å². The van der Waals surface area contributed by atoms with Gasteiger partial charge >= 0.3 is 0 Å². The van der Waals surface area contributed by atoms with Crippen LogP contribution >= 0.6 is 0 Å². The Morgan fingerprint density at radius 3 is 3.04 bits per heavy atom. The van der Waals surface area contributed by atoms with Crippen LogP contribution in [0.15, 0.2) is 36.5 Å². The van der Waals surface area contributed by atoms with Gasteiger partial charge in [0.05, 0.1) is 0 Å². The van der Waals surface area contributed by atoms with Crippen molar-refractivity contribution in [1.82, 2.24) is 15.5 Å². The van der Waals surface area contributed by atoms with Crippen LogP contribution in [0.1, 0.15) is 18.4 Å². The van der Waals surface area contributed by atoms with Gasteiger partial charge < -0.3 is 19.7 Å². The molecule has 0 saturated carbocycles. The fraction of sp³-hybridized carbons (Fsp3) is 0.444. The summed E-state index contributed by atoms with van der Waals surface area (Å²) in [5, 5.41) is 11.9. The molecule has 0 aliphatic carbocycles. The lowest BCUT2D eigenvalue weighted by Crippen LogP contribution is -2.45. The molecule has 2 aliphatic rings. The number of benzene rings is 1. The summed E-state index contributed by atoms with van der Waals surface area (Å²) in [4.78, 5) is 2.30. The molecule has 4 rings (SSSR count). The summed E-state index contributed by atoms with van der Waals surface area (Å²) in [7, 11) is 0. The molecule has 24 heavy (non-hydrogen) atoms. The summed E-state index contributed by atoms with van der Waals surface area (Å²) in [5.41, 5.74) is 1.16. The molecule has 0 amide bonds. The minimum Gasteiger partial charge on any atom is -0.486 e. The number of nitrogens with zero attached hydrogens (tertiary/aromatic N) is 3. The van der Waals surface area contributed by atoms with Crippen LogP contribution in [0.3, 0.4) is 0 Å². The van der Waals surface area contributed by atoms with Gasteiger partial charge in [0.2, 0.25) is 0 Å². The van der Waals surface area contributed by atoms with E-state index in [2.05, 4.69) is 26.5 Å². The van der Waals surface area contributed by atoms with Gasteiger partial charge in [-0.1, -0.05) is 12.1 Å². The highest BCUT2D eigenvalue weighted by Gasteiger charge is 2.22. The van der Waals surface area contributed by atoms with Crippen LogP contribution in [0.4, 0.5) is 5.82 Å². The summed E-state index contributed by atoms with van der Waals surface area (Å²) in [5.74, 6) is 2.70. The number of hydrogen-bond acceptors (Lipinski definition) is 6. The molecule has 1 N–H and O–H groups in total. The highest BCUT2D eigenvalue weighted by molar-refractivity contribution is 5.47. The van der Waals surface area contributed by atoms with Crippen molar-refractivity contribution in [3.63, 3.8) is 0 Å². The van der Waals surface area contributed by atoms with E-state index in [9.17, 15) is 0 Å². The van der Waals surface area contributed by atoms with E-state index in [-0.39, 0.29) is 0 Å². The van der Waals surface area contributed by atoms with Gasteiger partial charge in [0.1, 0.15) is 13.2 Å². The van der Waals surface area contributed by atoms with Gasteiger partial charge in [-0.2, -0.15) is 5.10 Å². The van der Waals surface area contributed by atoms with Crippen molar-refractivity contribution < 1.29 is 9.47 Å². The molecule has 0 unspecified atom stereocenters. The number of anilines is 1. The first-order chi connectivity index (χ1) is 11.9. The number of hydrogen-bond donors (Lipinski definition) is 1. The van der Waals surface area contributed by atoms with Crippen LogP contribution in [0.5, 0.6) is 11.5 Å². The molecule has 1 saturated heterocycles. The van der Waals surface area contributed by atoms with E-state index in [0.717, 1.165) is 48.9 Å². The third kappa shape index (κ3) is 3.28. The van der Waals surface area contributed by atoms with E-state index in [4.69, 9.17) is 9.47 Å². The van der Waals surface area contributed by atoms with Gasteiger partial charge in [-0.15, -0.1) is 5.10 Å². The minimum atomic E-state index is 0.432. The van der Waals surface area contributed by atoms with Gasteiger partial charge in [-0.25, -0.2) is 0 Å². The SMILES string of the molecule is c1cnnc(N2CCC[C@H](NCc3cccc4c3OCCO4)C2)c1. The van der Waals surface area contributed by atoms with Crippen molar-refractivity contribution in [3.8, 4) is 11.5 Å². The molecule has 3 heterocycles. The molecular formula is C18H22N4O2. The van der Waals surface area contributed by atoms with E-state index in [0.29, 0.717) is 19.3 Å². The lowest BCUT2D eigenvalue weighted by Gasteiger charge is -2.34. The maximum absolute atomic E-state index is 5.79. The van der Waals surface area contributed by atoms with Gasteiger partial charge in [-0.3, -0.25) is 0 Å². The molecule has 1 aromatic heterocycles. The molecule has 6 nitrogen and oxygen atoms in total. The summed E-state index contributed by atoms with van der Waals surface area (Å²) in [6.45, 7) is 4.01. The quantitative estimate of drug-likeness (QED) is 0.927. The summed E-state index contributed by atoms with van der Waals surface area (Å²) in [6.07, 6.45) is 4.04. The van der Waals surface area contributed by atoms with E-state index in [1.54, 1.807) is 6.20 Å². The Morgan fingerprint density at radius 2 is 2.12 bits per heavy atom. The van der Waals surface area contributed by atoms with Crippen molar-refractivity contribution in [3.05, 3.63) is 42.1 Å². The Labute approximate surface area is 141 Å². The minimum absolute atomic E-state index is 0.432. The lowest BCUT2D eigenvalue weighted by atomic mass is 10.0. The molecule has 2 aliphatic heterocycles. The highest BCUT2D eigenvalue weighted by Crippen LogP contribution is 2.33. The average molecular weight is 326 g/mol. The van der Waals surface area contributed by atoms with Gasteiger partial charge in [0.25, 0.3) is 0 Å². The monoisotopic (exact) mass is 326 g/mol. The summed E-state index contributed by atoms with van der Waals surface area (Å²) in [6, 6.07) is 10.5. The van der Waals surface area contributed by atoms with Crippen LogP contribution < -0.4 is 19.7 Å². The molecule has 2 aromatic rings. The second-order valence-electron chi connectivity index (χ2n) is 6.19. The van der Waals surface area contributed by atoms with Crippen molar-refractivity contribution in [1.29, 1.82) is 0 Å². The topological polar surface area (TPSA) is 59.5 Å². The maximum Gasteiger partial charge on any atom is 0.165 e. The van der Waals surface area contributed by atoms with Gasteiger partial charge in [0.15, 0.2) is 17.3 Å². The molecule has 0 radical (unpaired) electrons. The molecule has 126 valence electrons. The Morgan fingerprint density at radius 1 is 1.17 bits per heavy atom. The molecule has 0 spiro atoms. The predicted octanol–water partition coefficient (Wildman–Crippen LogP) is 2.01. The smallest absolute Gasteiger partial charge is 0.165 e. The Kier molecular flexibility index (Phi) is 4.46. The van der Waals surface area contributed by atoms with Crippen molar-refractivity contribution >= 4 is 5.82 Å². The average Bonchev–Trinajstić information content (AvgIpc) is 2.67. The number of para-hydroxylation sites is 1. The third-order valence-electron chi connectivity index (χ3n) is 4.53. The standard InChI is InChI=1S/C18H22N4O2/c1-4-14(18-16(6-1)23-10-11-24-18)12-19-15-5-3-9-22(13-15)17-7-2-8-20-21-17/h1-2,4,6-8,15,19H,3,5,9-13H2/t15-/m0/s1. The third-order valence-corrected chi connectivity index (χ3v) is 4.53. The van der Waals surface area contributed by atoms with Gasteiger partial charge in [-0.05, 0) is 31.0 Å². The number of fused-ring (bicyclic) bond motifs is 1. The fourth-order valence-electron chi connectivity index (χ4n) is 3.34. The molecule has 6 heteroatoms. The van der Waals surface area contributed by atoms with E-state index < -0.39 is 0 Å². The maximum atomic E-state index is 5.79. The first-order valence-corrected chi connectivity index (χ1v) is 8.54. The number of ether oxygens (including phenoxy) is 2. The van der Waals surface area contributed by atoms with Crippen LogP contribution in [0.25, 0.3) is 0 Å². The summed E-state index contributed by atoms with van der Waals surface area (Å²) >= 11 is 0. The van der Waals surface area contributed by atoms with E-state index >= 15 is 0 Å². The Balaban J connectivity index is 1.39. The zero-order valence-electron chi connectivity index (χ0n) is 13.6. The normalized spacial score (nSPS) is 20.0. The second-order valence-corrected chi connectivity index (χ2v) is 6.19. The Bertz CT molecular complexity index is 680. The number of rotatable bonds is 4. The fourth-order valence-corrected chi connectivity index (χ4v) is 3.34. The number of nitrogens with one attached hydrogen (secondary N) is 1. The van der Waals surface area contributed by atoms with Gasteiger partial charge in [0, 0.05) is 37.4 Å². The Hall–Kier alpha value is -2.34. The van der Waals surface area contributed by atoms with Crippen LogP contribution in [-0.4, -0.2) is 42.5 Å². The number of piperidine rings is 1. The molecule has 1 aromatic carbocycles. The predicted molar refractivity (Wildman–Crippen MR) is 91.5 cm³/mol. The zero-order valence-corrected chi connectivity index (χ0v) is 13.6. The lowest BCUT2D eigenvalue weighted by molar-refractivity contribution is 0.169. The van der Waals surface area contributed by atoms with Crippen LogP contribution in [-0.2, 0) is 6.54 Å². The largest absolute Gasteiger partial charge is 0.486 e. The van der Waals surface area contributed by atoms with Crippen LogP contribution in [0, 0.1) is 0 Å². The molecular weight excluding hydrogens is 304 g/mol. The second kappa shape index (κ2) is 7.05. The first kappa shape index (κ1) is 15.2. The summed E-state index contributed by atoms with van der Waals surface area (Å²) < 4.78 is 11.4. The zero-order chi connectivity index (χ0) is 16.2.